The lowest BCUT2D eigenvalue weighted by Gasteiger charge is -2.13. The molecule has 0 aliphatic heterocycles. The van der Waals surface area contributed by atoms with E-state index in [0.717, 1.165) is 15.7 Å². The maximum atomic E-state index is 13.6. The monoisotopic (exact) mass is 434 g/mol. The average molecular weight is 435 g/mol. The van der Waals surface area contributed by atoms with Gasteiger partial charge in [0.15, 0.2) is 5.96 Å². The van der Waals surface area contributed by atoms with Crippen LogP contribution < -0.4 is 16.0 Å². The molecule has 1 amide bonds. The summed E-state index contributed by atoms with van der Waals surface area (Å²) >= 11 is 3.40. The Kier molecular flexibility index (Phi) is 8.26. The summed E-state index contributed by atoms with van der Waals surface area (Å²) in [5, 5.41) is 9.11. The number of aliphatic imine (C=N–C) groups is 1. The first kappa shape index (κ1) is 20.9. The van der Waals surface area contributed by atoms with Crippen LogP contribution in [0.5, 0.6) is 0 Å². The number of benzene rings is 2. The van der Waals surface area contributed by atoms with Crippen LogP contribution in [0.25, 0.3) is 0 Å². The average Bonchev–Trinajstić information content (AvgIpc) is 2.64. The van der Waals surface area contributed by atoms with E-state index in [1.165, 1.54) is 6.07 Å². The molecule has 0 atom stereocenters. The van der Waals surface area contributed by atoms with Gasteiger partial charge >= 0.3 is 0 Å². The predicted octanol–water partition coefficient (Wildman–Crippen LogP) is 3.63. The third-order valence-corrected chi connectivity index (χ3v) is 4.47. The number of amides is 1. The minimum Gasteiger partial charge on any atom is -0.356 e. The summed E-state index contributed by atoms with van der Waals surface area (Å²) in [6.07, 6.45) is 0.861. The van der Waals surface area contributed by atoms with Crippen LogP contribution in [0.15, 0.2) is 51.9 Å². The van der Waals surface area contributed by atoms with Crippen LogP contribution in [0.1, 0.15) is 17.5 Å². The summed E-state index contributed by atoms with van der Waals surface area (Å²) in [7, 11) is 1.66. The lowest BCUT2D eigenvalue weighted by Crippen LogP contribution is -2.39. The van der Waals surface area contributed by atoms with E-state index in [1.807, 2.05) is 31.2 Å². The Morgan fingerprint density at radius 3 is 2.59 bits per heavy atom. The largest absolute Gasteiger partial charge is 0.356 e. The maximum Gasteiger partial charge on any atom is 0.226 e. The molecule has 0 bridgehead atoms. The van der Waals surface area contributed by atoms with Gasteiger partial charge in [0.05, 0.1) is 0 Å². The molecular weight excluding hydrogens is 411 g/mol. The van der Waals surface area contributed by atoms with Gasteiger partial charge in [0.25, 0.3) is 0 Å². The van der Waals surface area contributed by atoms with Gasteiger partial charge in [-0.1, -0.05) is 34.1 Å². The molecule has 0 heterocycles. The van der Waals surface area contributed by atoms with E-state index in [0.29, 0.717) is 37.5 Å². The lowest BCUT2D eigenvalue weighted by molar-refractivity contribution is -0.116. The van der Waals surface area contributed by atoms with Crippen molar-refractivity contribution in [2.24, 2.45) is 4.99 Å². The normalized spacial score (nSPS) is 11.2. The van der Waals surface area contributed by atoms with Crippen LogP contribution in [0.3, 0.4) is 0 Å². The van der Waals surface area contributed by atoms with E-state index in [2.05, 4.69) is 36.9 Å². The van der Waals surface area contributed by atoms with Crippen molar-refractivity contribution in [3.63, 3.8) is 0 Å². The lowest BCUT2D eigenvalue weighted by atomic mass is 10.1. The number of halogens is 2. The number of carbonyl (C=O) groups is 1. The zero-order valence-corrected chi connectivity index (χ0v) is 17.1. The van der Waals surface area contributed by atoms with Gasteiger partial charge in [0.2, 0.25) is 5.91 Å². The topological polar surface area (TPSA) is 65.5 Å². The van der Waals surface area contributed by atoms with Crippen molar-refractivity contribution in [1.29, 1.82) is 0 Å². The number of guanidine groups is 1. The number of nitrogens with one attached hydrogen (secondary N) is 3. The van der Waals surface area contributed by atoms with Crippen molar-refractivity contribution in [2.75, 3.05) is 25.5 Å². The molecule has 0 unspecified atom stereocenters. The number of anilines is 1. The summed E-state index contributed by atoms with van der Waals surface area (Å²) in [4.78, 5) is 16.2. The minimum atomic E-state index is -0.206. The first-order valence-corrected chi connectivity index (χ1v) is 9.53. The highest BCUT2D eigenvalue weighted by molar-refractivity contribution is 9.10. The van der Waals surface area contributed by atoms with Crippen LogP contribution in [0, 0.1) is 12.7 Å². The highest BCUT2D eigenvalue weighted by atomic mass is 79.9. The molecule has 0 spiro atoms. The molecule has 0 saturated heterocycles. The summed E-state index contributed by atoms with van der Waals surface area (Å²) in [6.45, 7) is 2.94. The van der Waals surface area contributed by atoms with Gasteiger partial charge < -0.3 is 16.0 Å². The second-order valence-corrected chi connectivity index (χ2v) is 6.94. The molecule has 0 aliphatic rings. The second-order valence-electron chi connectivity index (χ2n) is 6.02. The predicted molar refractivity (Wildman–Crippen MR) is 112 cm³/mol. The van der Waals surface area contributed by atoms with E-state index in [9.17, 15) is 9.18 Å². The summed E-state index contributed by atoms with van der Waals surface area (Å²) in [6, 6.07) is 12.4. The summed E-state index contributed by atoms with van der Waals surface area (Å²) in [5.74, 6) is 0.302. The Labute approximate surface area is 167 Å². The van der Waals surface area contributed by atoms with E-state index < -0.39 is 0 Å². The van der Waals surface area contributed by atoms with Crippen LogP contribution >= 0.6 is 15.9 Å². The fraction of sp³-hybridized carbons (Fsp3) is 0.300. The molecule has 0 saturated carbocycles. The van der Waals surface area contributed by atoms with Gasteiger partial charge in [-0.05, 0) is 48.7 Å². The molecule has 3 N–H and O–H groups in total. The number of carbonyl (C=O) groups excluding carboxylic acids is 1. The standard InChI is InChI=1S/C20H24BrFN4O/c1-14-13-16(21)7-8-18(14)26-19(27)10-12-25-20(23-2)24-11-9-15-5-3-4-6-17(15)22/h3-8,13H,9-12H2,1-2H3,(H,26,27)(H2,23,24,25). The van der Waals surface area contributed by atoms with Gasteiger partial charge in [-0.15, -0.1) is 0 Å². The molecule has 27 heavy (non-hydrogen) atoms. The van der Waals surface area contributed by atoms with Crippen molar-refractivity contribution in [3.8, 4) is 0 Å². The highest BCUT2D eigenvalue weighted by Gasteiger charge is 2.06. The van der Waals surface area contributed by atoms with Crippen molar-refractivity contribution in [1.82, 2.24) is 10.6 Å². The number of hydrogen-bond donors (Lipinski definition) is 3. The molecule has 7 heteroatoms. The fourth-order valence-electron chi connectivity index (χ4n) is 2.51. The van der Waals surface area contributed by atoms with Gasteiger partial charge in [0.1, 0.15) is 5.82 Å². The quantitative estimate of drug-likeness (QED) is 0.460. The number of hydrogen-bond acceptors (Lipinski definition) is 2. The Morgan fingerprint density at radius 1 is 1.15 bits per heavy atom. The zero-order valence-electron chi connectivity index (χ0n) is 15.5. The molecule has 2 rings (SSSR count). The SMILES string of the molecule is CN=C(NCCC(=O)Nc1ccc(Br)cc1C)NCCc1ccccc1F. The summed E-state index contributed by atoms with van der Waals surface area (Å²) in [5.41, 5.74) is 2.46. The third kappa shape index (κ3) is 7.02. The van der Waals surface area contributed by atoms with Gasteiger partial charge in [-0.25, -0.2) is 4.39 Å². The first-order chi connectivity index (χ1) is 13.0. The van der Waals surface area contributed by atoms with Crippen molar-refractivity contribution in [3.05, 3.63) is 63.9 Å². The maximum absolute atomic E-state index is 13.6. The molecule has 2 aromatic carbocycles. The zero-order chi connectivity index (χ0) is 19.6. The molecule has 0 aromatic heterocycles. The number of nitrogens with zero attached hydrogens (tertiary/aromatic N) is 1. The van der Waals surface area contributed by atoms with E-state index in [-0.39, 0.29) is 11.7 Å². The van der Waals surface area contributed by atoms with Gasteiger partial charge in [-0.2, -0.15) is 0 Å². The Balaban J connectivity index is 1.71. The van der Waals surface area contributed by atoms with Crippen molar-refractivity contribution in [2.45, 2.75) is 19.8 Å². The van der Waals surface area contributed by atoms with E-state index in [4.69, 9.17) is 0 Å². The number of rotatable bonds is 7. The van der Waals surface area contributed by atoms with Crippen LogP contribution in [-0.4, -0.2) is 32.0 Å². The molecule has 2 aromatic rings. The first-order valence-electron chi connectivity index (χ1n) is 8.73. The highest BCUT2D eigenvalue weighted by Crippen LogP contribution is 2.20. The third-order valence-electron chi connectivity index (χ3n) is 3.98. The van der Waals surface area contributed by atoms with Crippen LogP contribution in [-0.2, 0) is 11.2 Å². The molecule has 0 aliphatic carbocycles. The minimum absolute atomic E-state index is 0.0743. The van der Waals surface area contributed by atoms with Gasteiger partial charge in [0, 0.05) is 36.7 Å². The Bertz CT molecular complexity index is 810. The molecular formula is C20H24BrFN4O. The van der Waals surface area contributed by atoms with Gasteiger partial charge in [-0.3, -0.25) is 9.79 Å². The fourth-order valence-corrected chi connectivity index (χ4v) is 2.99. The van der Waals surface area contributed by atoms with Crippen LogP contribution in [0.4, 0.5) is 10.1 Å². The second kappa shape index (κ2) is 10.7. The Morgan fingerprint density at radius 2 is 1.89 bits per heavy atom. The van der Waals surface area contributed by atoms with Crippen LogP contribution in [0.2, 0.25) is 0 Å². The molecule has 0 radical (unpaired) electrons. The number of aryl methyl sites for hydroxylation is 1. The molecule has 5 nitrogen and oxygen atoms in total. The van der Waals surface area contributed by atoms with E-state index >= 15 is 0 Å². The molecule has 144 valence electrons. The molecule has 0 fully saturated rings. The summed E-state index contributed by atoms with van der Waals surface area (Å²) < 4.78 is 14.6. The smallest absolute Gasteiger partial charge is 0.226 e. The van der Waals surface area contributed by atoms with Crippen molar-refractivity contribution >= 4 is 33.5 Å². The Hall–Kier alpha value is -2.41. The van der Waals surface area contributed by atoms with E-state index in [1.54, 1.807) is 19.2 Å². The van der Waals surface area contributed by atoms with Crippen molar-refractivity contribution < 1.29 is 9.18 Å².